The highest BCUT2D eigenvalue weighted by molar-refractivity contribution is 5.74. The van der Waals surface area contributed by atoms with Crippen LogP contribution in [0.15, 0.2) is 65.5 Å². The van der Waals surface area contributed by atoms with Crippen LogP contribution in [0.5, 0.6) is 0 Å². The van der Waals surface area contributed by atoms with Crippen molar-refractivity contribution in [2.45, 2.75) is 44.7 Å². The second-order valence-corrected chi connectivity index (χ2v) is 9.21. The van der Waals surface area contributed by atoms with Crippen molar-refractivity contribution in [2.24, 2.45) is 12.8 Å². The predicted molar refractivity (Wildman–Crippen MR) is 136 cm³/mol. The highest BCUT2D eigenvalue weighted by Gasteiger charge is 2.24. The Hall–Kier alpha value is -3.45. The number of aromatic nitrogens is 4. The Morgan fingerprint density at radius 3 is 2.35 bits per heavy atom. The van der Waals surface area contributed by atoms with Crippen LogP contribution in [0.4, 0.5) is 5.95 Å². The third-order valence-corrected chi connectivity index (χ3v) is 6.78. The van der Waals surface area contributed by atoms with Crippen molar-refractivity contribution in [3.63, 3.8) is 0 Å². The average molecular weight is 457 g/mol. The summed E-state index contributed by atoms with van der Waals surface area (Å²) >= 11 is 0. The molecule has 1 aliphatic rings. The van der Waals surface area contributed by atoms with Gasteiger partial charge in [-0.2, -0.15) is 4.98 Å². The van der Waals surface area contributed by atoms with Gasteiger partial charge in [-0.25, -0.2) is 4.98 Å². The molecule has 4 aromatic rings. The molecule has 0 aliphatic carbocycles. The van der Waals surface area contributed by atoms with E-state index in [0.29, 0.717) is 24.1 Å². The van der Waals surface area contributed by atoms with Crippen LogP contribution < -0.4 is 16.2 Å². The van der Waals surface area contributed by atoms with Crippen LogP contribution in [0.25, 0.3) is 11.2 Å². The molecule has 1 saturated heterocycles. The Morgan fingerprint density at radius 2 is 1.62 bits per heavy atom. The maximum atomic E-state index is 13.6. The number of imidazole rings is 1. The highest BCUT2D eigenvalue weighted by atomic mass is 16.1. The molecule has 1 unspecified atom stereocenters. The second-order valence-electron chi connectivity index (χ2n) is 9.21. The summed E-state index contributed by atoms with van der Waals surface area (Å²) in [5.41, 5.74) is 9.65. The molecule has 7 heteroatoms. The van der Waals surface area contributed by atoms with Gasteiger partial charge in [-0.3, -0.25) is 13.9 Å². The lowest BCUT2D eigenvalue weighted by Crippen LogP contribution is -2.30. The lowest BCUT2D eigenvalue weighted by molar-refractivity contribution is 0.601. The number of hydrogen-bond donors (Lipinski definition) is 1. The molecule has 2 N–H and O–H groups in total. The minimum Gasteiger partial charge on any atom is -0.342 e. The molecule has 0 amide bonds. The summed E-state index contributed by atoms with van der Waals surface area (Å²) < 4.78 is 3.74. The van der Waals surface area contributed by atoms with Crippen molar-refractivity contribution in [3.05, 3.63) is 88.0 Å². The SMILES string of the molecule is Cn1c(CCc2ccccc2)nc2nc(N3CCCC(N)CC3)n(Cc3ccccc3)c2c1=O. The summed E-state index contributed by atoms with van der Waals surface area (Å²) in [6.07, 6.45) is 4.46. The van der Waals surface area contributed by atoms with Gasteiger partial charge in [0.25, 0.3) is 5.56 Å². The molecule has 3 heterocycles. The molecular weight excluding hydrogens is 424 g/mol. The van der Waals surface area contributed by atoms with E-state index in [9.17, 15) is 4.79 Å². The molecule has 1 atom stereocenters. The third kappa shape index (κ3) is 4.61. The fourth-order valence-electron chi connectivity index (χ4n) is 4.79. The maximum absolute atomic E-state index is 13.6. The van der Waals surface area contributed by atoms with Crippen molar-refractivity contribution in [1.82, 2.24) is 19.1 Å². The molecule has 5 rings (SSSR count). The second kappa shape index (κ2) is 9.81. The molecule has 1 fully saturated rings. The largest absolute Gasteiger partial charge is 0.342 e. The summed E-state index contributed by atoms with van der Waals surface area (Å²) in [5.74, 6) is 1.58. The lowest BCUT2D eigenvalue weighted by Gasteiger charge is -2.22. The van der Waals surface area contributed by atoms with Crippen molar-refractivity contribution in [3.8, 4) is 0 Å². The predicted octanol–water partition coefficient (Wildman–Crippen LogP) is 3.28. The molecule has 0 saturated carbocycles. The molecule has 7 nitrogen and oxygen atoms in total. The first-order valence-electron chi connectivity index (χ1n) is 12.1. The van der Waals surface area contributed by atoms with Crippen molar-refractivity contribution >= 4 is 17.1 Å². The van der Waals surface area contributed by atoms with Gasteiger partial charge in [-0.1, -0.05) is 60.7 Å². The number of aryl methyl sites for hydroxylation is 2. The minimum atomic E-state index is -0.0470. The number of anilines is 1. The smallest absolute Gasteiger partial charge is 0.279 e. The van der Waals surface area contributed by atoms with Gasteiger partial charge < -0.3 is 10.6 Å². The van der Waals surface area contributed by atoms with Crippen LogP contribution in [0.1, 0.15) is 36.2 Å². The van der Waals surface area contributed by atoms with Gasteiger partial charge in [0.05, 0.1) is 6.54 Å². The Morgan fingerprint density at radius 1 is 0.912 bits per heavy atom. The summed E-state index contributed by atoms with van der Waals surface area (Å²) in [7, 11) is 1.82. The number of nitrogens with two attached hydrogens (primary N) is 1. The van der Waals surface area contributed by atoms with E-state index in [-0.39, 0.29) is 11.6 Å². The summed E-state index contributed by atoms with van der Waals surface area (Å²) in [6, 6.07) is 20.7. The molecule has 2 aromatic heterocycles. The molecular formula is C27H32N6O. The van der Waals surface area contributed by atoms with E-state index in [1.54, 1.807) is 4.57 Å². The third-order valence-electron chi connectivity index (χ3n) is 6.78. The fraction of sp³-hybridized carbons (Fsp3) is 0.370. The molecule has 2 aromatic carbocycles. The van der Waals surface area contributed by atoms with Gasteiger partial charge in [0, 0.05) is 32.6 Å². The van der Waals surface area contributed by atoms with Crippen molar-refractivity contribution < 1.29 is 0 Å². The average Bonchev–Trinajstić information content (AvgIpc) is 3.06. The molecule has 0 bridgehead atoms. The molecule has 34 heavy (non-hydrogen) atoms. The molecule has 0 spiro atoms. The number of fused-ring (bicyclic) bond motifs is 1. The fourth-order valence-corrected chi connectivity index (χ4v) is 4.79. The van der Waals surface area contributed by atoms with E-state index in [0.717, 1.165) is 56.1 Å². The Bertz CT molecular complexity index is 1310. The van der Waals surface area contributed by atoms with Crippen molar-refractivity contribution in [2.75, 3.05) is 18.0 Å². The Kier molecular flexibility index (Phi) is 6.45. The number of rotatable bonds is 6. The number of hydrogen-bond acceptors (Lipinski definition) is 5. The van der Waals surface area contributed by atoms with Gasteiger partial charge in [-0.05, 0) is 36.8 Å². The first-order valence-corrected chi connectivity index (χ1v) is 12.1. The summed E-state index contributed by atoms with van der Waals surface area (Å²) in [6.45, 7) is 2.29. The van der Waals surface area contributed by atoms with Crippen LogP contribution in [-0.2, 0) is 26.4 Å². The van der Waals surface area contributed by atoms with E-state index in [4.69, 9.17) is 15.7 Å². The Balaban J connectivity index is 1.57. The van der Waals surface area contributed by atoms with Gasteiger partial charge >= 0.3 is 0 Å². The summed E-state index contributed by atoms with van der Waals surface area (Å²) in [5, 5.41) is 0. The number of nitrogens with zero attached hydrogens (tertiary/aromatic N) is 5. The monoisotopic (exact) mass is 456 g/mol. The normalized spacial score (nSPS) is 16.6. The van der Waals surface area contributed by atoms with Crippen molar-refractivity contribution in [1.29, 1.82) is 0 Å². The maximum Gasteiger partial charge on any atom is 0.279 e. The van der Waals surface area contributed by atoms with Gasteiger partial charge in [0.15, 0.2) is 11.2 Å². The zero-order valence-electron chi connectivity index (χ0n) is 19.7. The standard InChI is InChI=1S/C27H32N6O/c1-31-23(15-14-20-9-4-2-5-10-20)29-25-24(26(31)34)33(19-21-11-6-3-7-12-21)27(30-25)32-17-8-13-22(28)16-18-32/h2-7,9-12,22H,8,13-19,28H2,1H3. The number of benzene rings is 2. The van der Waals surface area contributed by atoms with Crippen LogP contribution in [-0.4, -0.2) is 38.2 Å². The Labute approximate surface area is 199 Å². The van der Waals surface area contributed by atoms with Crippen LogP contribution in [0.2, 0.25) is 0 Å². The van der Waals surface area contributed by atoms with Crippen LogP contribution >= 0.6 is 0 Å². The topological polar surface area (TPSA) is 82.0 Å². The van der Waals surface area contributed by atoms with Crippen LogP contribution in [0.3, 0.4) is 0 Å². The lowest BCUT2D eigenvalue weighted by atomic mass is 10.1. The highest BCUT2D eigenvalue weighted by Crippen LogP contribution is 2.24. The van der Waals surface area contributed by atoms with E-state index < -0.39 is 0 Å². The van der Waals surface area contributed by atoms with E-state index in [1.165, 1.54) is 5.56 Å². The van der Waals surface area contributed by atoms with Crippen LogP contribution in [0, 0.1) is 0 Å². The molecule has 1 aliphatic heterocycles. The zero-order valence-corrected chi connectivity index (χ0v) is 19.7. The quantitative estimate of drug-likeness (QED) is 0.482. The zero-order chi connectivity index (χ0) is 23.5. The van der Waals surface area contributed by atoms with Gasteiger partial charge in [-0.15, -0.1) is 0 Å². The van der Waals surface area contributed by atoms with Gasteiger partial charge in [0.1, 0.15) is 5.82 Å². The molecule has 0 radical (unpaired) electrons. The van der Waals surface area contributed by atoms with E-state index >= 15 is 0 Å². The first-order chi connectivity index (χ1) is 16.6. The van der Waals surface area contributed by atoms with E-state index in [1.807, 2.05) is 43.4 Å². The van der Waals surface area contributed by atoms with E-state index in [2.05, 4.69) is 33.7 Å². The minimum absolute atomic E-state index is 0.0470. The molecule has 176 valence electrons. The van der Waals surface area contributed by atoms with Gasteiger partial charge in [0.2, 0.25) is 5.95 Å². The summed E-state index contributed by atoms with van der Waals surface area (Å²) in [4.78, 5) is 25.7. The first kappa shape index (κ1) is 22.3.